The second-order valence-corrected chi connectivity index (χ2v) is 3.90. The molecule has 2 aromatic rings. The fraction of sp³-hybridized carbons (Fsp3) is 0. The summed E-state index contributed by atoms with van der Waals surface area (Å²) in [5, 5.41) is 0. The van der Waals surface area contributed by atoms with Crippen molar-refractivity contribution in [2.75, 3.05) is 0 Å². The Hall–Kier alpha value is -2.76. The first kappa shape index (κ1) is 13.7. The van der Waals surface area contributed by atoms with E-state index in [0.717, 1.165) is 18.2 Å². The van der Waals surface area contributed by atoms with Gasteiger partial charge >= 0.3 is 0 Å². The molecule has 2 N–H and O–H groups in total. The number of amides is 2. The first-order valence-electron chi connectivity index (χ1n) is 5.68. The van der Waals surface area contributed by atoms with Gasteiger partial charge in [0.05, 0.1) is 5.56 Å². The largest absolute Gasteiger partial charge is 0.272 e. The van der Waals surface area contributed by atoms with Gasteiger partial charge < -0.3 is 0 Å². The van der Waals surface area contributed by atoms with E-state index < -0.39 is 29.0 Å². The Bertz CT molecular complexity index is 645. The molecule has 4 nitrogen and oxygen atoms in total. The average molecular weight is 276 g/mol. The summed E-state index contributed by atoms with van der Waals surface area (Å²) in [4.78, 5) is 23.3. The van der Waals surface area contributed by atoms with Gasteiger partial charge in [-0.05, 0) is 30.3 Å². The molecule has 0 atom stereocenters. The molecule has 0 saturated heterocycles. The third kappa shape index (κ3) is 3.17. The number of benzene rings is 2. The second kappa shape index (κ2) is 5.92. The van der Waals surface area contributed by atoms with E-state index in [-0.39, 0.29) is 0 Å². The van der Waals surface area contributed by atoms with Crippen LogP contribution in [-0.4, -0.2) is 11.8 Å². The molecule has 2 amide bonds. The van der Waals surface area contributed by atoms with Gasteiger partial charge in [-0.1, -0.05) is 18.2 Å². The Morgan fingerprint density at radius 2 is 1.50 bits per heavy atom. The quantitative estimate of drug-likeness (QED) is 0.825. The van der Waals surface area contributed by atoms with Crippen LogP contribution in [0.15, 0.2) is 48.5 Å². The fourth-order valence-electron chi connectivity index (χ4n) is 1.51. The van der Waals surface area contributed by atoms with Crippen LogP contribution in [0.3, 0.4) is 0 Å². The lowest BCUT2D eigenvalue weighted by Gasteiger charge is -2.08. The molecule has 0 aliphatic rings. The predicted octanol–water partition coefficient (Wildman–Crippen LogP) is 2.04. The number of hydrogen-bond acceptors (Lipinski definition) is 2. The molecule has 2 rings (SSSR count). The molecular formula is C14H10F2N2O2. The van der Waals surface area contributed by atoms with E-state index in [1.807, 2.05) is 5.43 Å². The number of nitrogens with one attached hydrogen (secondary N) is 2. The Balaban J connectivity index is 2.02. The fourth-order valence-corrected chi connectivity index (χ4v) is 1.51. The molecule has 0 heterocycles. The summed E-state index contributed by atoms with van der Waals surface area (Å²) in [6.07, 6.45) is 0. The van der Waals surface area contributed by atoms with Crippen LogP contribution in [0.2, 0.25) is 0 Å². The molecule has 102 valence electrons. The lowest BCUT2D eigenvalue weighted by molar-refractivity contribution is 0.0844. The minimum atomic E-state index is -0.939. The van der Waals surface area contributed by atoms with Crippen LogP contribution < -0.4 is 10.9 Å². The molecule has 20 heavy (non-hydrogen) atoms. The highest BCUT2D eigenvalue weighted by Gasteiger charge is 2.13. The Morgan fingerprint density at radius 1 is 0.850 bits per heavy atom. The average Bonchev–Trinajstić information content (AvgIpc) is 2.47. The highest BCUT2D eigenvalue weighted by Crippen LogP contribution is 2.09. The van der Waals surface area contributed by atoms with Gasteiger partial charge in [0.2, 0.25) is 0 Å². The zero-order valence-corrected chi connectivity index (χ0v) is 10.2. The van der Waals surface area contributed by atoms with Gasteiger partial charge in [-0.3, -0.25) is 20.4 Å². The number of carbonyl (C=O) groups is 2. The minimum Gasteiger partial charge on any atom is -0.267 e. The maximum absolute atomic E-state index is 13.3. The van der Waals surface area contributed by atoms with E-state index in [0.29, 0.717) is 5.56 Å². The van der Waals surface area contributed by atoms with Crippen molar-refractivity contribution in [3.63, 3.8) is 0 Å². The zero-order valence-electron chi connectivity index (χ0n) is 10.2. The normalized spacial score (nSPS) is 9.90. The van der Waals surface area contributed by atoms with Gasteiger partial charge in [0.1, 0.15) is 11.6 Å². The van der Waals surface area contributed by atoms with E-state index >= 15 is 0 Å². The van der Waals surface area contributed by atoms with Crippen molar-refractivity contribution < 1.29 is 18.4 Å². The standard InChI is InChI=1S/C14H10F2N2O2/c15-10-6-7-12(16)11(8-10)14(20)18-17-13(19)9-4-2-1-3-5-9/h1-8H,(H,17,19)(H,18,20). The maximum atomic E-state index is 13.3. The molecule has 0 spiro atoms. The van der Waals surface area contributed by atoms with Crippen LogP contribution in [-0.2, 0) is 0 Å². The minimum absolute atomic E-state index is 0.326. The highest BCUT2D eigenvalue weighted by atomic mass is 19.1. The van der Waals surface area contributed by atoms with Crippen molar-refractivity contribution in [3.05, 3.63) is 71.3 Å². The van der Waals surface area contributed by atoms with Crippen LogP contribution in [0.4, 0.5) is 8.78 Å². The van der Waals surface area contributed by atoms with Crippen LogP contribution in [0.25, 0.3) is 0 Å². The molecule has 0 fully saturated rings. The van der Waals surface area contributed by atoms with Gasteiger partial charge in [-0.2, -0.15) is 0 Å². The summed E-state index contributed by atoms with van der Waals surface area (Å²) in [6.45, 7) is 0. The predicted molar refractivity (Wildman–Crippen MR) is 67.7 cm³/mol. The number of hydrogen-bond donors (Lipinski definition) is 2. The van der Waals surface area contributed by atoms with Crippen molar-refractivity contribution in [3.8, 4) is 0 Å². The van der Waals surface area contributed by atoms with Crippen molar-refractivity contribution in [1.29, 1.82) is 0 Å². The Morgan fingerprint density at radius 3 is 2.20 bits per heavy atom. The number of hydrazine groups is 1. The Kier molecular flexibility index (Phi) is 4.05. The van der Waals surface area contributed by atoms with Crippen molar-refractivity contribution >= 4 is 11.8 Å². The second-order valence-electron chi connectivity index (χ2n) is 3.90. The first-order valence-corrected chi connectivity index (χ1v) is 5.68. The van der Waals surface area contributed by atoms with Crippen molar-refractivity contribution in [1.82, 2.24) is 10.9 Å². The van der Waals surface area contributed by atoms with E-state index in [1.165, 1.54) is 0 Å². The lowest BCUT2D eigenvalue weighted by Crippen LogP contribution is -2.42. The highest BCUT2D eigenvalue weighted by molar-refractivity contribution is 5.99. The molecule has 0 aliphatic carbocycles. The van der Waals surface area contributed by atoms with E-state index in [4.69, 9.17) is 0 Å². The van der Waals surface area contributed by atoms with E-state index in [2.05, 4.69) is 5.43 Å². The zero-order chi connectivity index (χ0) is 14.5. The van der Waals surface area contributed by atoms with E-state index in [9.17, 15) is 18.4 Å². The summed E-state index contributed by atoms with van der Waals surface area (Å²) in [7, 11) is 0. The molecule has 2 aromatic carbocycles. The number of halogens is 2. The van der Waals surface area contributed by atoms with Gasteiger partial charge in [-0.15, -0.1) is 0 Å². The van der Waals surface area contributed by atoms with Crippen LogP contribution >= 0.6 is 0 Å². The lowest BCUT2D eigenvalue weighted by atomic mass is 10.2. The molecular weight excluding hydrogens is 266 g/mol. The first-order chi connectivity index (χ1) is 9.58. The van der Waals surface area contributed by atoms with E-state index in [1.54, 1.807) is 30.3 Å². The summed E-state index contributed by atoms with van der Waals surface area (Å²) in [5.41, 5.74) is 3.98. The van der Waals surface area contributed by atoms with Crippen molar-refractivity contribution in [2.24, 2.45) is 0 Å². The van der Waals surface area contributed by atoms with Crippen LogP contribution in [0.1, 0.15) is 20.7 Å². The molecule has 6 heteroatoms. The van der Waals surface area contributed by atoms with Crippen LogP contribution in [0.5, 0.6) is 0 Å². The summed E-state index contributed by atoms with van der Waals surface area (Å²) < 4.78 is 26.3. The molecule has 0 aromatic heterocycles. The third-order valence-corrected chi connectivity index (χ3v) is 2.50. The topological polar surface area (TPSA) is 58.2 Å². The summed E-state index contributed by atoms with van der Waals surface area (Å²) in [5.74, 6) is -3.12. The number of rotatable bonds is 2. The molecule has 0 bridgehead atoms. The van der Waals surface area contributed by atoms with Crippen LogP contribution in [0, 0.1) is 11.6 Å². The Labute approximate surface area is 113 Å². The number of carbonyl (C=O) groups excluding carboxylic acids is 2. The monoisotopic (exact) mass is 276 g/mol. The maximum Gasteiger partial charge on any atom is 0.272 e. The molecule has 0 radical (unpaired) electrons. The summed E-state index contributed by atoms with van der Waals surface area (Å²) >= 11 is 0. The third-order valence-electron chi connectivity index (χ3n) is 2.50. The van der Waals surface area contributed by atoms with Gasteiger partial charge in [0.15, 0.2) is 0 Å². The molecule has 0 aliphatic heterocycles. The smallest absolute Gasteiger partial charge is 0.267 e. The van der Waals surface area contributed by atoms with Gasteiger partial charge in [-0.25, -0.2) is 8.78 Å². The van der Waals surface area contributed by atoms with Crippen molar-refractivity contribution in [2.45, 2.75) is 0 Å². The SMILES string of the molecule is O=C(NNC(=O)c1cc(F)ccc1F)c1ccccc1. The molecule has 0 saturated carbocycles. The summed E-state index contributed by atoms with van der Waals surface area (Å²) in [6, 6.07) is 10.6. The molecule has 0 unspecified atom stereocenters. The van der Waals surface area contributed by atoms with Gasteiger partial charge in [0.25, 0.3) is 11.8 Å². The van der Waals surface area contributed by atoms with Gasteiger partial charge in [0, 0.05) is 5.56 Å².